The molecule has 2 saturated heterocycles. The highest BCUT2D eigenvalue weighted by Gasteiger charge is 2.25. The average molecular weight is 344 g/mol. The summed E-state index contributed by atoms with van der Waals surface area (Å²) in [5.41, 5.74) is 1.23. The minimum absolute atomic E-state index is 0.0555. The second kappa shape index (κ2) is 8.99. The zero-order valence-corrected chi connectivity index (χ0v) is 14.9. The maximum Gasteiger partial charge on any atom is 0.224 e. The van der Waals surface area contributed by atoms with Crippen LogP contribution < -0.4 is 0 Å². The first-order valence-electron chi connectivity index (χ1n) is 9.43. The molecule has 1 unspecified atom stereocenters. The summed E-state index contributed by atoms with van der Waals surface area (Å²) in [6, 6.07) is 10.2. The highest BCUT2D eigenvalue weighted by molar-refractivity contribution is 5.79. The summed E-state index contributed by atoms with van der Waals surface area (Å²) in [7, 11) is 0. The summed E-state index contributed by atoms with van der Waals surface area (Å²) < 4.78 is 5.83. The Kier molecular flexibility index (Phi) is 6.45. The predicted octanol–water partition coefficient (Wildman–Crippen LogP) is 2.25. The average Bonchev–Trinajstić information content (AvgIpc) is 2.85. The molecule has 0 aromatic heterocycles. The molecule has 5 nitrogen and oxygen atoms in total. The molecule has 0 spiro atoms. The molecule has 2 aliphatic rings. The van der Waals surface area contributed by atoms with Crippen LogP contribution in [-0.4, -0.2) is 60.5 Å². The van der Waals surface area contributed by atoms with Gasteiger partial charge in [-0.25, -0.2) is 0 Å². The predicted molar refractivity (Wildman–Crippen MR) is 96.1 cm³/mol. The third-order valence-electron chi connectivity index (χ3n) is 5.06. The monoisotopic (exact) mass is 344 g/mol. The maximum atomic E-state index is 12.6. The number of hydrogen-bond donors (Lipinski definition) is 0. The standard InChI is InChI=1S/C20H28N2O3/c23-19-9-5-2-6-11-21(19)12-10-20(24)22-13-14-25-18(16-22)15-17-7-3-1-4-8-17/h1,3-4,7-8,18H,2,5-6,9-16H2. The van der Waals surface area contributed by atoms with Crippen molar-refractivity contribution < 1.29 is 14.3 Å². The van der Waals surface area contributed by atoms with Crippen LogP contribution in [0.3, 0.4) is 0 Å². The van der Waals surface area contributed by atoms with Gasteiger partial charge in [0.15, 0.2) is 0 Å². The number of amides is 2. The fraction of sp³-hybridized carbons (Fsp3) is 0.600. The van der Waals surface area contributed by atoms with Crippen molar-refractivity contribution in [2.24, 2.45) is 0 Å². The van der Waals surface area contributed by atoms with Gasteiger partial charge in [-0.2, -0.15) is 0 Å². The highest BCUT2D eigenvalue weighted by atomic mass is 16.5. The summed E-state index contributed by atoms with van der Waals surface area (Å²) in [6.45, 7) is 3.23. The molecule has 3 rings (SSSR count). The molecule has 1 aromatic rings. The number of hydrogen-bond acceptors (Lipinski definition) is 3. The third-order valence-corrected chi connectivity index (χ3v) is 5.06. The molecule has 2 aliphatic heterocycles. The summed E-state index contributed by atoms with van der Waals surface area (Å²) in [4.78, 5) is 28.4. The van der Waals surface area contributed by atoms with Crippen LogP contribution >= 0.6 is 0 Å². The first-order chi connectivity index (χ1) is 12.2. The fourth-order valence-corrected chi connectivity index (χ4v) is 3.61. The second-order valence-corrected chi connectivity index (χ2v) is 6.96. The van der Waals surface area contributed by atoms with E-state index in [0.29, 0.717) is 39.1 Å². The van der Waals surface area contributed by atoms with Crippen LogP contribution in [0.15, 0.2) is 30.3 Å². The highest BCUT2D eigenvalue weighted by Crippen LogP contribution is 2.14. The molecule has 0 aliphatic carbocycles. The third kappa shape index (κ3) is 5.30. The number of ether oxygens (including phenoxy) is 1. The van der Waals surface area contributed by atoms with Crippen LogP contribution in [0, 0.1) is 0 Å². The van der Waals surface area contributed by atoms with E-state index < -0.39 is 0 Å². The Morgan fingerprint density at radius 1 is 1.12 bits per heavy atom. The number of rotatable bonds is 5. The molecule has 136 valence electrons. The van der Waals surface area contributed by atoms with E-state index in [0.717, 1.165) is 32.2 Å². The summed E-state index contributed by atoms with van der Waals surface area (Å²) in [5.74, 6) is 0.340. The summed E-state index contributed by atoms with van der Waals surface area (Å²) >= 11 is 0. The molecule has 0 bridgehead atoms. The SMILES string of the molecule is O=C1CCCCCN1CCC(=O)N1CCOC(Cc2ccccc2)C1. The molecule has 2 heterocycles. The van der Waals surface area contributed by atoms with Crippen LogP contribution in [0.4, 0.5) is 0 Å². The van der Waals surface area contributed by atoms with Gasteiger partial charge in [-0.15, -0.1) is 0 Å². The van der Waals surface area contributed by atoms with Crippen LogP contribution in [0.25, 0.3) is 0 Å². The normalized spacial score (nSPS) is 21.9. The van der Waals surface area contributed by atoms with E-state index in [4.69, 9.17) is 4.74 Å². The van der Waals surface area contributed by atoms with Crippen LogP contribution in [0.5, 0.6) is 0 Å². The maximum absolute atomic E-state index is 12.6. The van der Waals surface area contributed by atoms with Gasteiger partial charge in [0.1, 0.15) is 0 Å². The quantitative estimate of drug-likeness (QED) is 0.823. The van der Waals surface area contributed by atoms with Gasteiger partial charge in [-0.05, 0) is 18.4 Å². The second-order valence-electron chi connectivity index (χ2n) is 6.96. The largest absolute Gasteiger partial charge is 0.374 e. The van der Waals surface area contributed by atoms with E-state index in [1.54, 1.807) is 0 Å². The molecule has 0 saturated carbocycles. The first-order valence-corrected chi connectivity index (χ1v) is 9.43. The van der Waals surface area contributed by atoms with E-state index in [-0.39, 0.29) is 17.9 Å². The van der Waals surface area contributed by atoms with Gasteiger partial charge in [0.2, 0.25) is 11.8 Å². The summed E-state index contributed by atoms with van der Waals surface area (Å²) in [6.07, 6.45) is 5.08. The topological polar surface area (TPSA) is 49.9 Å². The minimum Gasteiger partial charge on any atom is -0.374 e. The molecule has 0 N–H and O–H groups in total. The van der Waals surface area contributed by atoms with Crippen molar-refractivity contribution in [3.05, 3.63) is 35.9 Å². The van der Waals surface area contributed by atoms with Crippen LogP contribution in [-0.2, 0) is 20.7 Å². The van der Waals surface area contributed by atoms with E-state index >= 15 is 0 Å². The lowest BCUT2D eigenvalue weighted by Crippen LogP contribution is -2.47. The van der Waals surface area contributed by atoms with E-state index in [1.807, 2.05) is 28.0 Å². The molecule has 1 atom stereocenters. The lowest BCUT2D eigenvalue weighted by atomic mass is 10.1. The van der Waals surface area contributed by atoms with Gasteiger partial charge in [-0.3, -0.25) is 9.59 Å². The smallest absolute Gasteiger partial charge is 0.224 e. The summed E-state index contributed by atoms with van der Waals surface area (Å²) in [5, 5.41) is 0. The Hall–Kier alpha value is -1.88. The molecule has 0 radical (unpaired) electrons. The van der Waals surface area contributed by atoms with E-state index in [1.165, 1.54) is 5.56 Å². The van der Waals surface area contributed by atoms with Crippen molar-refractivity contribution in [1.82, 2.24) is 9.80 Å². The van der Waals surface area contributed by atoms with Crippen molar-refractivity contribution >= 4 is 11.8 Å². The van der Waals surface area contributed by atoms with Gasteiger partial charge in [-0.1, -0.05) is 36.8 Å². The number of likely N-dealkylation sites (tertiary alicyclic amines) is 1. The zero-order chi connectivity index (χ0) is 17.5. The molecule has 2 fully saturated rings. The molecule has 25 heavy (non-hydrogen) atoms. The number of nitrogens with zero attached hydrogens (tertiary/aromatic N) is 2. The van der Waals surface area contributed by atoms with E-state index in [2.05, 4.69) is 12.1 Å². The van der Waals surface area contributed by atoms with Gasteiger partial charge >= 0.3 is 0 Å². The number of morpholine rings is 1. The van der Waals surface area contributed by atoms with Gasteiger partial charge in [0.05, 0.1) is 12.7 Å². The van der Waals surface area contributed by atoms with Crippen molar-refractivity contribution in [3.8, 4) is 0 Å². The molecule has 5 heteroatoms. The first kappa shape index (κ1) is 17.9. The van der Waals surface area contributed by atoms with Crippen molar-refractivity contribution in [2.45, 2.75) is 44.6 Å². The lowest BCUT2D eigenvalue weighted by molar-refractivity contribution is -0.140. The van der Waals surface area contributed by atoms with Crippen LogP contribution in [0.1, 0.15) is 37.7 Å². The Morgan fingerprint density at radius 3 is 2.80 bits per heavy atom. The van der Waals surface area contributed by atoms with Gasteiger partial charge in [0, 0.05) is 45.4 Å². The molecule has 1 aromatic carbocycles. The molecule has 2 amide bonds. The Morgan fingerprint density at radius 2 is 1.96 bits per heavy atom. The Bertz CT molecular complexity index is 576. The molecular weight excluding hydrogens is 316 g/mol. The Balaban J connectivity index is 1.47. The van der Waals surface area contributed by atoms with Crippen LogP contribution in [0.2, 0.25) is 0 Å². The minimum atomic E-state index is 0.0555. The number of benzene rings is 1. The molecular formula is C20H28N2O3. The number of carbonyl (C=O) groups excluding carboxylic acids is 2. The van der Waals surface area contributed by atoms with Gasteiger partial charge in [0.25, 0.3) is 0 Å². The number of carbonyl (C=O) groups is 2. The Labute approximate surface area is 149 Å². The lowest BCUT2D eigenvalue weighted by Gasteiger charge is -2.33. The zero-order valence-electron chi connectivity index (χ0n) is 14.9. The van der Waals surface area contributed by atoms with Gasteiger partial charge < -0.3 is 14.5 Å². The van der Waals surface area contributed by atoms with Crippen molar-refractivity contribution in [1.29, 1.82) is 0 Å². The van der Waals surface area contributed by atoms with E-state index in [9.17, 15) is 9.59 Å². The van der Waals surface area contributed by atoms with Crippen molar-refractivity contribution in [2.75, 3.05) is 32.8 Å². The fourth-order valence-electron chi connectivity index (χ4n) is 3.61. The van der Waals surface area contributed by atoms with Crippen molar-refractivity contribution in [3.63, 3.8) is 0 Å².